The van der Waals surface area contributed by atoms with E-state index < -0.39 is 0 Å². The van der Waals surface area contributed by atoms with Gasteiger partial charge in [-0.25, -0.2) is 0 Å². The van der Waals surface area contributed by atoms with Crippen LogP contribution in [0.3, 0.4) is 0 Å². The van der Waals surface area contributed by atoms with Crippen molar-refractivity contribution in [3.05, 3.63) is 47.6 Å². The van der Waals surface area contributed by atoms with E-state index in [1.165, 1.54) is 0 Å². The number of rotatable bonds is 5. The van der Waals surface area contributed by atoms with Crippen molar-refractivity contribution in [1.82, 2.24) is 20.8 Å². The summed E-state index contributed by atoms with van der Waals surface area (Å²) in [6.45, 7) is 4.99. The quantitative estimate of drug-likeness (QED) is 0.857. The van der Waals surface area contributed by atoms with E-state index in [1.54, 1.807) is 0 Å². The van der Waals surface area contributed by atoms with Gasteiger partial charge in [-0.15, -0.1) is 0 Å². The molecule has 3 atom stereocenters. The molecule has 1 aromatic carbocycles. The molecule has 1 unspecified atom stereocenters. The van der Waals surface area contributed by atoms with Crippen LogP contribution in [0.15, 0.2) is 34.9 Å². The second kappa shape index (κ2) is 7.55. The summed E-state index contributed by atoms with van der Waals surface area (Å²) >= 11 is 0. The molecule has 0 radical (unpaired) electrons. The van der Waals surface area contributed by atoms with Gasteiger partial charge < -0.3 is 19.9 Å². The standard InChI is InChI=1S/C17H22N4O3/c1-11(19-16(22)15-12(2)23-9-8-18-15)17-20-14(21-24-17)10-13-6-4-3-5-7-13/h3-7,11-12,15,18H,8-10H2,1-2H3,(H,19,22)/t11?,12-,15+/m1/s1. The molecule has 2 N–H and O–H groups in total. The summed E-state index contributed by atoms with van der Waals surface area (Å²) in [6, 6.07) is 9.21. The summed E-state index contributed by atoms with van der Waals surface area (Å²) in [5.74, 6) is 0.876. The van der Waals surface area contributed by atoms with Crippen LogP contribution in [0.25, 0.3) is 0 Å². The molecule has 7 nitrogen and oxygen atoms in total. The van der Waals surface area contributed by atoms with E-state index in [-0.39, 0.29) is 24.1 Å². The number of morpholine rings is 1. The second-order valence-electron chi connectivity index (χ2n) is 5.95. The SMILES string of the molecule is CC(NC(=O)[C@H]1NCCO[C@@H]1C)c1nc(Cc2ccccc2)no1. The van der Waals surface area contributed by atoms with Crippen molar-refractivity contribution >= 4 is 5.91 Å². The summed E-state index contributed by atoms with van der Waals surface area (Å²) in [5.41, 5.74) is 1.11. The Balaban J connectivity index is 1.59. The van der Waals surface area contributed by atoms with E-state index in [4.69, 9.17) is 9.26 Å². The third-order valence-electron chi connectivity index (χ3n) is 4.02. The van der Waals surface area contributed by atoms with Crippen molar-refractivity contribution in [2.24, 2.45) is 0 Å². The van der Waals surface area contributed by atoms with Crippen molar-refractivity contribution in [2.75, 3.05) is 13.2 Å². The van der Waals surface area contributed by atoms with Crippen LogP contribution in [0.4, 0.5) is 0 Å². The van der Waals surface area contributed by atoms with Crippen LogP contribution >= 0.6 is 0 Å². The minimum absolute atomic E-state index is 0.127. The molecule has 1 aromatic heterocycles. The minimum Gasteiger partial charge on any atom is -0.375 e. The zero-order valence-electron chi connectivity index (χ0n) is 13.9. The normalized spacial score (nSPS) is 22.1. The third kappa shape index (κ3) is 3.98. The number of ether oxygens (including phenoxy) is 1. The molecular weight excluding hydrogens is 308 g/mol. The maximum Gasteiger partial charge on any atom is 0.248 e. The first kappa shape index (κ1) is 16.6. The molecule has 1 fully saturated rings. The van der Waals surface area contributed by atoms with E-state index >= 15 is 0 Å². The number of carbonyl (C=O) groups excluding carboxylic acids is 1. The van der Waals surface area contributed by atoms with E-state index in [1.807, 2.05) is 44.2 Å². The highest BCUT2D eigenvalue weighted by Gasteiger charge is 2.30. The highest BCUT2D eigenvalue weighted by molar-refractivity contribution is 5.82. The van der Waals surface area contributed by atoms with Gasteiger partial charge in [0.25, 0.3) is 0 Å². The summed E-state index contributed by atoms with van der Waals surface area (Å²) < 4.78 is 10.8. The highest BCUT2D eigenvalue weighted by Crippen LogP contribution is 2.13. The van der Waals surface area contributed by atoms with Gasteiger partial charge in [0.1, 0.15) is 12.1 Å². The number of nitrogens with zero attached hydrogens (tertiary/aromatic N) is 2. The number of hydrogen-bond donors (Lipinski definition) is 2. The van der Waals surface area contributed by atoms with Gasteiger partial charge in [0, 0.05) is 13.0 Å². The van der Waals surface area contributed by atoms with Crippen LogP contribution in [-0.2, 0) is 16.0 Å². The highest BCUT2D eigenvalue weighted by atomic mass is 16.5. The van der Waals surface area contributed by atoms with Gasteiger partial charge >= 0.3 is 0 Å². The average molecular weight is 330 g/mol. The molecule has 1 aliphatic heterocycles. The Labute approximate surface area is 140 Å². The van der Waals surface area contributed by atoms with E-state index in [0.29, 0.717) is 31.3 Å². The smallest absolute Gasteiger partial charge is 0.248 e. The lowest BCUT2D eigenvalue weighted by molar-refractivity contribution is -0.129. The first-order valence-electron chi connectivity index (χ1n) is 8.15. The average Bonchev–Trinajstić information content (AvgIpc) is 3.04. The van der Waals surface area contributed by atoms with Gasteiger partial charge in [-0.2, -0.15) is 4.98 Å². The van der Waals surface area contributed by atoms with Crippen molar-refractivity contribution in [1.29, 1.82) is 0 Å². The van der Waals surface area contributed by atoms with Gasteiger partial charge in [-0.3, -0.25) is 4.79 Å². The Kier molecular flexibility index (Phi) is 5.22. The first-order chi connectivity index (χ1) is 11.6. The van der Waals surface area contributed by atoms with Gasteiger partial charge in [0.2, 0.25) is 11.8 Å². The van der Waals surface area contributed by atoms with Crippen molar-refractivity contribution < 1.29 is 14.1 Å². The Hall–Kier alpha value is -2.25. The molecular formula is C17H22N4O3. The Morgan fingerprint density at radius 2 is 2.21 bits per heavy atom. The number of nitrogens with one attached hydrogen (secondary N) is 2. The van der Waals surface area contributed by atoms with Crippen molar-refractivity contribution in [2.45, 2.75) is 38.5 Å². The number of hydrogen-bond acceptors (Lipinski definition) is 6. The summed E-state index contributed by atoms with van der Waals surface area (Å²) in [6.07, 6.45) is 0.433. The molecule has 24 heavy (non-hydrogen) atoms. The molecule has 0 spiro atoms. The number of amides is 1. The number of carbonyl (C=O) groups is 1. The zero-order valence-corrected chi connectivity index (χ0v) is 13.9. The van der Waals surface area contributed by atoms with Crippen LogP contribution in [0.1, 0.15) is 37.2 Å². The largest absolute Gasteiger partial charge is 0.375 e. The Morgan fingerprint density at radius 3 is 2.96 bits per heavy atom. The summed E-state index contributed by atoms with van der Waals surface area (Å²) in [7, 11) is 0. The molecule has 0 bridgehead atoms. The molecule has 7 heteroatoms. The molecule has 1 saturated heterocycles. The van der Waals surface area contributed by atoms with Crippen LogP contribution in [0.5, 0.6) is 0 Å². The fourth-order valence-electron chi connectivity index (χ4n) is 2.69. The fraction of sp³-hybridized carbons (Fsp3) is 0.471. The Bertz CT molecular complexity index is 673. The van der Waals surface area contributed by atoms with Crippen molar-refractivity contribution in [3.63, 3.8) is 0 Å². The lowest BCUT2D eigenvalue weighted by Crippen LogP contribution is -2.55. The number of benzene rings is 1. The second-order valence-corrected chi connectivity index (χ2v) is 5.95. The van der Waals surface area contributed by atoms with Crippen molar-refractivity contribution in [3.8, 4) is 0 Å². The van der Waals surface area contributed by atoms with Gasteiger partial charge in [-0.05, 0) is 19.4 Å². The molecule has 0 aliphatic carbocycles. The van der Waals surface area contributed by atoms with Crippen LogP contribution in [0.2, 0.25) is 0 Å². The maximum absolute atomic E-state index is 12.3. The molecule has 0 saturated carbocycles. The van der Waals surface area contributed by atoms with E-state index in [2.05, 4.69) is 20.8 Å². The lowest BCUT2D eigenvalue weighted by Gasteiger charge is -2.29. The molecule has 128 valence electrons. The van der Waals surface area contributed by atoms with E-state index in [9.17, 15) is 4.79 Å². The predicted octanol–water partition coefficient (Wildman–Crippen LogP) is 1.21. The van der Waals surface area contributed by atoms with E-state index in [0.717, 1.165) is 5.56 Å². The number of aromatic nitrogens is 2. The lowest BCUT2D eigenvalue weighted by atomic mass is 10.1. The van der Waals surface area contributed by atoms with Crippen LogP contribution in [-0.4, -0.2) is 41.3 Å². The predicted molar refractivity (Wildman–Crippen MR) is 87.3 cm³/mol. The monoisotopic (exact) mass is 330 g/mol. The van der Waals surface area contributed by atoms with Gasteiger partial charge in [0.15, 0.2) is 5.82 Å². The molecule has 1 amide bonds. The maximum atomic E-state index is 12.3. The molecule has 3 rings (SSSR count). The van der Waals surface area contributed by atoms with Crippen LogP contribution < -0.4 is 10.6 Å². The van der Waals surface area contributed by atoms with Crippen LogP contribution in [0, 0.1) is 0 Å². The minimum atomic E-state index is -0.368. The molecule has 2 aromatic rings. The molecule has 1 aliphatic rings. The Morgan fingerprint density at radius 1 is 1.42 bits per heavy atom. The zero-order chi connectivity index (χ0) is 16.9. The summed E-state index contributed by atoms with van der Waals surface area (Å²) in [4.78, 5) is 16.7. The fourth-order valence-corrected chi connectivity index (χ4v) is 2.69. The third-order valence-corrected chi connectivity index (χ3v) is 4.02. The van der Waals surface area contributed by atoms with Gasteiger partial charge in [0.05, 0.1) is 12.7 Å². The topological polar surface area (TPSA) is 89.3 Å². The molecule has 2 heterocycles. The summed E-state index contributed by atoms with van der Waals surface area (Å²) in [5, 5.41) is 10.0. The van der Waals surface area contributed by atoms with Gasteiger partial charge in [-0.1, -0.05) is 35.5 Å². The first-order valence-corrected chi connectivity index (χ1v) is 8.15.